The molecule has 1 heterocycles. The van der Waals surface area contributed by atoms with E-state index in [4.69, 9.17) is 5.73 Å². The summed E-state index contributed by atoms with van der Waals surface area (Å²) in [5, 5.41) is 0. The number of rotatable bonds is 4. The Bertz CT molecular complexity index is 727. The van der Waals surface area contributed by atoms with Gasteiger partial charge < -0.3 is 10.7 Å². The van der Waals surface area contributed by atoms with E-state index >= 15 is 0 Å². The molecule has 1 aromatic carbocycles. The fourth-order valence-electron chi connectivity index (χ4n) is 2.12. The molecule has 0 bridgehead atoms. The Hall–Kier alpha value is -1.79. The lowest BCUT2D eigenvalue weighted by molar-refractivity contribution is 0.590. The standard InChI is InChI=1S/C15H21N3O2S/c1-15(2,3)13-6-4-5-7-14(13)18-21(19,20)12-8-11(9-16)17-10-12/h4-8,10,17-18H,9,16H2,1-3H3. The monoisotopic (exact) mass is 307 g/mol. The number of hydrogen-bond acceptors (Lipinski definition) is 3. The predicted octanol–water partition coefficient (Wildman–Crippen LogP) is 2.57. The quantitative estimate of drug-likeness (QED) is 0.811. The SMILES string of the molecule is CC(C)(C)c1ccccc1NS(=O)(=O)c1c[nH]c(CN)c1. The molecule has 5 nitrogen and oxygen atoms in total. The molecular weight excluding hydrogens is 286 g/mol. The maximum atomic E-state index is 12.4. The van der Waals surface area contributed by atoms with Gasteiger partial charge in [0.1, 0.15) is 4.90 Å². The summed E-state index contributed by atoms with van der Waals surface area (Å²) < 4.78 is 27.5. The lowest BCUT2D eigenvalue weighted by Gasteiger charge is -2.23. The molecule has 0 radical (unpaired) electrons. The van der Waals surface area contributed by atoms with Crippen molar-refractivity contribution < 1.29 is 8.42 Å². The summed E-state index contributed by atoms with van der Waals surface area (Å²) in [5.74, 6) is 0. The molecule has 0 spiro atoms. The van der Waals surface area contributed by atoms with Crippen molar-refractivity contribution in [3.63, 3.8) is 0 Å². The van der Waals surface area contributed by atoms with Crippen LogP contribution in [-0.2, 0) is 22.0 Å². The minimum atomic E-state index is -3.62. The van der Waals surface area contributed by atoms with E-state index in [2.05, 4.69) is 9.71 Å². The van der Waals surface area contributed by atoms with Crippen LogP contribution < -0.4 is 10.5 Å². The van der Waals surface area contributed by atoms with Gasteiger partial charge in [-0.25, -0.2) is 8.42 Å². The number of hydrogen-bond donors (Lipinski definition) is 3. The van der Waals surface area contributed by atoms with E-state index in [1.165, 1.54) is 6.20 Å². The molecule has 0 unspecified atom stereocenters. The van der Waals surface area contributed by atoms with E-state index in [-0.39, 0.29) is 16.9 Å². The molecule has 1 aromatic heterocycles. The van der Waals surface area contributed by atoms with Gasteiger partial charge in [0, 0.05) is 18.4 Å². The highest BCUT2D eigenvalue weighted by molar-refractivity contribution is 7.92. The minimum absolute atomic E-state index is 0.153. The second kappa shape index (κ2) is 5.54. The van der Waals surface area contributed by atoms with E-state index in [9.17, 15) is 8.42 Å². The van der Waals surface area contributed by atoms with Crippen molar-refractivity contribution in [2.75, 3.05) is 4.72 Å². The molecule has 0 aliphatic heterocycles. The molecular formula is C15H21N3O2S. The smallest absolute Gasteiger partial charge is 0.263 e. The van der Waals surface area contributed by atoms with Crippen LogP contribution in [0.5, 0.6) is 0 Å². The maximum Gasteiger partial charge on any atom is 0.263 e. The summed E-state index contributed by atoms with van der Waals surface area (Å²) in [6.45, 7) is 6.41. The first kappa shape index (κ1) is 15.6. The van der Waals surface area contributed by atoms with Crippen molar-refractivity contribution in [2.24, 2.45) is 5.73 Å². The molecule has 114 valence electrons. The normalized spacial score (nSPS) is 12.4. The summed E-state index contributed by atoms with van der Waals surface area (Å²) in [6, 6.07) is 8.97. The van der Waals surface area contributed by atoms with E-state index in [0.29, 0.717) is 11.4 Å². The Morgan fingerprint density at radius 1 is 1.24 bits per heavy atom. The second-order valence-corrected chi connectivity index (χ2v) is 7.65. The largest absolute Gasteiger partial charge is 0.363 e. The van der Waals surface area contributed by atoms with Crippen LogP contribution in [0.4, 0.5) is 5.69 Å². The zero-order chi connectivity index (χ0) is 15.7. The van der Waals surface area contributed by atoms with Gasteiger partial charge in [0.15, 0.2) is 0 Å². The van der Waals surface area contributed by atoms with Crippen LogP contribution in [-0.4, -0.2) is 13.4 Å². The van der Waals surface area contributed by atoms with Crippen LogP contribution in [0.25, 0.3) is 0 Å². The van der Waals surface area contributed by atoms with Crippen molar-refractivity contribution in [3.05, 3.63) is 47.8 Å². The van der Waals surface area contributed by atoms with E-state index < -0.39 is 10.0 Å². The van der Waals surface area contributed by atoms with Crippen molar-refractivity contribution in [3.8, 4) is 0 Å². The zero-order valence-electron chi connectivity index (χ0n) is 12.5. The fraction of sp³-hybridized carbons (Fsp3) is 0.333. The van der Waals surface area contributed by atoms with Gasteiger partial charge in [-0.2, -0.15) is 0 Å². The Labute approximate surface area is 125 Å². The average Bonchev–Trinajstić information content (AvgIpc) is 2.87. The molecule has 0 aliphatic rings. The van der Waals surface area contributed by atoms with Crippen LogP contribution in [0.1, 0.15) is 32.0 Å². The highest BCUT2D eigenvalue weighted by atomic mass is 32.2. The topological polar surface area (TPSA) is 88.0 Å². The van der Waals surface area contributed by atoms with Crippen LogP contribution in [0.15, 0.2) is 41.4 Å². The van der Waals surface area contributed by atoms with Crippen molar-refractivity contribution in [1.82, 2.24) is 4.98 Å². The number of H-pyrrole nitrogens is 1. The van der Waals surface area contributed by atoms with Crippen molar-refractivity contribution in [1.29, 1.82) is 0 Å². The Morgan fingerprint density at radius 2 is 1.90 bits per heavy atom. The number of nitrogens with one attached hydrogen (secondary N) is 2. The molecule has 6 heteroatoms. The number of aromatic nitrogens is 1. The van der Waals surface area contributed by atoms with Gasteiger partial charge in [0.2, 0.25) is 0 Å². The summed E-state index contributed by atoms with van der Waals surface area (Å²) >= 11 is 0. The molecule has 0 aliphatic carbocycles. The van der Waals surface area contributed by atoms with Gasteiger partial charge in [-0.1, -0.05) is 39.0 Å². The summed E-state index contributed by atoms with van der Waals surface area (Å²) in [4.78, 5) is 3.03. The van der Waals surface area contributed by atoms with Gasteiger partial charge in [-0.15, -0.1) is 0 Å². The van der Waals surface area contributed by atoms with Gasteiger partial charge in [-0.3, -0.25) is 4.72 Å². The molecule has 2 aromatic rings. The first-order valence-corrected chi connectivity index (χ1v) is 8.22. The number of aromatic amines is 1. The lowest BCUT2D eigenvalue weighted by atomic mass is 9.86. The molecule has 21 heavy (non-hydrogen) atoms. The Balaban J connectivity index is 2.38. The predicted molar refractivity (Wildman–Crippen MR) is 84.6 cm³/mol. The van der Waals surface area contributed by atoms with Gasteiger partial charge >= 0.3 is 0 Å². The van der Waals surface area contributed by atoms with Crippen molar-refractivity contribution in [2.45, 2.75) is 37.6 Å². The molecule has 0 fully saturated rings. The number of anilines is 1. The summed E-state index contributed by atoms with van der Waals surface area (Å²) in [6.07, 6.45) is 1.45. The second-order valence-electron chi connectivity index (χ2n) is 5.97. The molecule has 0 saturated heterocycles. The Kier molecular flexibility index (Phi) is 4.11. The summed E-state index contributed by atoms with van der Waals surface area (Å²) in [5.41, 5.74) is 7.57. The first-order valence-electron chi connectivity index (χ1n) is 6.74. The maximum absolute atomic E-state index is 12.4. The lowest BCUT2D eigenvalue weighted by Crippen LogP contribution is -2.18. The fourth-order valence-corrected chi connectivity index (χ4v) is 3.22. The van der Waals surface area contributed by atoms with E-state index in [1.807, 2.05) is 39.0 Å². The van der Waals surface area contributed by atoms with Gasteiger partial charge in [0.25, 0.3) is 10.0 Å². The molecule has 0 amide bonds. The third kappa shape index (κ3) is 3.46. The third-order valence-electron chi connectivity index (χ3n) is 3.23. The third-order valence-corrected chi connectivity index (χ3v) is 4.57. The highest BCUT2D eigenvalue weighted by Gasteiger charge is 2.22. The van der Waals surface area contributed by atoms with Crippen LogP contribution >= 0.6 is 0 Å². The molecule has 4 N–H and O–H groups in total. The first-order chi connectivity index (χ1) is 9.74. The van der Waals surface area contributed by atoms with Crippen LogP contribution in [0.3, 0.4) is 0 Å². The van der Waals surface area contributed by atoms with Gasteiger partial charge in [-0.05, 0) is 23.1 Å². The number of nitrogens with two attached hydrogens (primary N) is 1. The van der Waals surface area contributed by atoms with Crippen molar-refractivity contribution >= 4 is 15.7 Å². The highest BCUT2D eigenvalue weighted by Crippen LogP contribution is 2.30. The van der Waals surface area contributed by atoms with E-state index in [1.54, 1.807) is 12.1 Å². The van der Waals surface area contributed by atoms with E-state index in [0.717, 1.165) is 5.56 Å². The number of para-hydroxylation sites is 1. The molecule has 2 rings (SSSR count). The van der Waals surface area contributed by atoms with Crippen LogP contribution in [0.2, 0.25) is 0 Å². The minimum Gasteiger partial charge on any atom is -0.363 e. The Morgan fingerprint density at radius 3 is 2.48 bits per heavy atom. The summed E-state index contributed by atoms with van der Waals surface area (Å²) in [7, 11) is -3.62. The van der Waals surface area contributed by atoms with Crippen LogP contribution in [0, 0.1) is 0 Å². The number of benzene rings is 1. The van der Waals surface area contributed by atoms with Gasteiger partial charge in [0.05, 0.1) is 5.69 Å². The average molecular weight is 307 g/mol. The molecule has 0 saturated carbocycles. The number of sulfonamides is 1. The molecule has 0 atom stereocenters. The zero-order valence-corrected chi connectivity index (χ0v) is 13.3.